The first-order valence-corrected chi connectivity index (χ1v) is 16.3. The van der Waals surface area contributed by atoms with Crippen molar-refractivity contribution in [1.82, 2.24) is 0 Å². The third kappa shape index (κ3) is 41.7. The molecule has 0 heterocycles. The Labute approximate surface area is 239 Å². The molecule has 0 aromatic heterocycles. The van der Waals surface area contributed by atoms with Crippen LogP contribution in [0.5, 0.6) is 0 Å². The number of unbranched alkanes of at least 4 members (excludes halogenated alkanes) is 15. The Hall–Kier alpha value is -1.38. The summed E-state index contributed by atoms with van der Waals surface area (Å²) in [5, 5.41) is 17.3. The fourth-order valence-electron chi connectivity index (χ4n) is 4.01. The van der Waals surface area contributed by atoms with Crippen LogP contribution >= 0.6 is 0 Å². The van der Waals surface area contributed by atoms with Gasteiger partial charge >= 0.3 is 0 Å². The van der Waals surface area contributed by atoms with Crippen LogP contribution in [0.3, 0.4) is 0 Å². The van der Waals surface area contributed by atoms with Crippen LogP contribution in [0.4, 0.5) is 0 Å². The van der Waals surface area contributed by atoms with E-state index in [1.807, 2.05) is 0 Å². The summed E-state index contributed by atoms with van der Waals surface area (Å²) in [7, 11) is 0. The van der Waals surface area contributed by atoms with E-state index in [1.165, 1.54) is 103 Å². The highest BCUT2D eigenvalue weighted by Crippen LogP contribution is 2.08. The van der Waals surface area contributed by atoms with Crippen LogP contribution < -0.4 is 0 Å². The van der Waals surface area contributed by atoms with Gasteiger partial charge in [0, 0.05) is 13.2 Å². The molecule has 38 heavy (non-hydrogen) atoms. The van der Waals surface area contributed by atoms with Crippen LogP contribution in [-0.4, -0.2) is 23.4 Å². The Kier molecular flexibility index (Phi) is 40.9. The molecular weight excluding hydrogens is 464 g/mol. The van der Waals surface area contributed by atoms with Gasteiger partial charge in [0.15, 0.2) is 0 Å². The standard InChI is InChI=1S/C18H34O.C18H32O/c2*1-2-3-4-5-6-7-8-9-10-11-12-13-14-15-16-17-18-19/h6-7,9-10,19H,2-5,8,11-18H2,1H3;3-4,6-7,9-10,19H,2,5,8,11-18H2,1H3/b7-6-,10-9-;4-3-,7-6-,10-9-. The van der Waals surface area contributed by atoms with Crippen molar-refractivity contribution in [2.24, 2.45) is 0 Å². The molecule has 0 aromatic rings. The second kappa shape index (κ2) is 40.1. The lowest BCUT2D eigenvalue weighted by molar-refractivity contribution is 0.282. The fraction of sp³-hybridized carbons (Fsp3) is 0.722. The van der Waals surface area contributed by atoms with E-state index in [-0.39, 0.29) is 0 Å². The Bertz CT molecular complexity index is 542. The van der Waals surface area contributed by atoms with Crippen LogP contribution in [0, 0.1) is 0 Å². The van der Waals surface area contributed by atoms with Crippen molar-refractivity contribution in [2.45, 2.75) is 155 Å². The van der Waals surface area contributed by atoms with Gasteiger partial charge in [-0.05, 0) is 77.0 Å². The van der Waals surface area contributed by atoms with Crippen molar-refractivity contribution in [3.05, 3.63) is 60.8 Å². The summed E-state index contributed by atoms with van der Waals surface area (Å²) in [6.07, 6.45) is 49.6. The van der Waals surface area contributed by atoms with Crippen molar-refractivity contribution in [3.63, 3.8) is 0 Å². The third-order valence-electron chi connectivity index (χ3n) is 6.42. The molecule has 0 aromatic carbocycles. The lowest BCUT2D eigenvalue weighted by Crippen LogP contribution is -1.83. The van der Waals surface area contributed by atoms with E-state index < -0.39 is 0 Å². The van der Waals surface area contributed by atoms with Gasteiger partial charge in [-0.2, -0.15) is 0 Å². The molecule has 0 atom stereocenters. The van der Waals surface area contributed by atoms with Gasteiger partial charge in [0.1, 0.15) is 0 Å². The molecule has 0 unspecified atom stereocenters. The smallest absolute Gasteiger partial charge is 0.0431 e. The lowest BCUT2D eigenvalue weighted by Gasteiger charge is -1.98. The summed E-state index contributed by atoms with van der Waals surface area (Å²) in [4.78, 5) is 0. The normalized spacial score (nSPS) is 12.1. The summed E-state index contributed by atoms with van der Waals surface area (Å²) in [6.45, 7) is 5.12. The van der Waals surface area contributed by atoms with E-state index in [1.54, 1.807) is 0 Å². The molecule has 0 aliphatic rings. The largest absolute Gasteiger partial charge is 0.396 e. The molecule has 0 rings (SSSR count). The fourth-order valence-corrected chi connectivity index (χ4v) is 4.01. The zero-order chi connectivity index (χ0) is 28.0. The van der Waals surface area contributed by atoms with E-state index in [0.717, 1.165) is 38.5 Å². The summed E-state index contributed by atoms with van der Waals surface area (Å²) in [5.74, 6) is 0. The zero-order valence-corrected chi connectivity index (χ0v) is 25.6. The molecule has 2 N–H and O–H groups in total. The van der Waals surface area contributed by atoms with Gasteiger partial charge in [-0.25, -0.2) is 0 Å². The minimum atomic E-state index is 0.352. The predicted molar refractivity (Wildman–Crippen MR) is 173 cm³/mol. The number of rotatable bonds is 27. The van der Waals surface area contributed by atoms with Gasteiger partial charge < -0.3 is 10.2 Å². The van der Waals surface area contributed by atoms with Gasteiger partial charge in [-0.1, -0.05) is 139 Å². The minimum absolute atomic E-state index is 0.352. The number of aliphatic hydroxyl groups excluding tert-OH is 2. The number of allylic oxidation sites excluding steroid dienone is 10. The highest BCUT2D eigenvalue weighted by molar-refractivity contribution is 4.97. The van der Waals surface area contributed by atoms with Crippen molar-refractivity contribution < 1.29 is 10.2 Å². The van der Waals surface area contributed by atoms with E-state index in [9.17, 15) is 0 Å². The predicted octanol–water partition coefficient (Wildman–Crippen LogP) is 11.4. The monoisotopic (exact) mass is 531 g/mol. The molecule has 0 bridgehead atoms. The van der Waals surface area contributed by atoms with Crippen LogP contribution in [0.15, 0.2) is 60.8 Å². The summed E-state index contributed by atoms with van der Waals surface area (Å²) >= 11 is 0. The first-order chi connectivity index (χ1) is 18.8. The van der Waals surface area contributed by atoms with Gasteiger partial charge in [-0.3, -0.25) is 0 Å². The Balaban J connectivity index is 0. The maximum Gasteiger partial charge on any atom is 0.0431 e. The third-order valence-corrected chi connectivity index (χ3v) is 6.42. The Morgan fingerprint density at radius 1 is 0.342 bits per heavy atom. The molecule has 2 nitrogen and oxygen atoms in total. The summed E-state index contributed by atoms with van der Waals surface area (Å²) < 4.78 is 0. The summed E-state index contributed by atoms with van der Waals surface area (Å²) in [6, 6.07) is 0. The van der Waals surface area contributed by atoms with Crippen LogP contribution in [0.1, 0.15) is 155 Å². The molecule has 0 aliphatic carbocycles. The average molecular weight is 531 g/mol. The van der Waals surface area contributed by atoms with Gasteiger partial charge in [0.05, 0.1) is 0 Å². The van der Waals surface area contributed by atoms with Crippen molar-refractivity contribution >= 4 is 0 Å². The molecule has 2 heteroatoms. The molecule has 0 saturated heterocycles. The number of aliphatic hydroxyl groups is 2. The van der Waals surface area contributed by atoms with E-state index >= 15 is 0 Å². The Morgan fingerprint density at radius 2 is 0.658 bits per heavy atom. The SMILES string of the molecule is CC/C=C\C/C=C\C/C=C\CCCCCCCCO.CCCCC/C=C\C/C=C\CCCCCCCCO. The highest BCUT2D eigenvalue weighted by Gasteiger charge is 1.90. The molecule has 0 aliphatic heterocycles. The Morgan fingerprint density at radius 3 is 1.03 bits per heavy atom. The van der Waals surface area contributed by atoms with E-state index in [4.69, 9.17) is 10.2 Å². The number of hydrogen-bond donors (Lipinski definition) is 2. The highest BCUT2D eigenvalue weighted by atomic mass is 16.3. The first kappa shape index (κ1) is 38.8. The van der Waals surface area contributed by atoms with Gasteiger partial charge in [-0.15, -0.1) is 0 Å². The second-order valence-electron chi connectivity index (χ2n) is 10.2. The van der Waals surface area contributed by atoms with Crippen LogP contribution in [-0.2, 0) is 0 Å². The van der Waals surface area contributed by atoms with Gasteiger partial charge in [0.2, 0.25) is 0 Å². The lowest BCUT2D eigenvalue weighted by atomic mass is 10.1. The van der Waals surface area contributed by atoms with Crippen LogP contribution in [0.25, 0.3) is 0 Å². The maximum absolute atomic E-state index is 8.66. The van der Waals surface area contributed by atoms with E-state index in [0.29, 0.717) is 13.2 Å². The molecule has 0 radical (unpaired) electrons. The number of hydrogen-bond acceptors (Lipinski definition) is 2. The quantitative estimate of drug-likeness (QED) is 0.0818. The average Bonchev–Trinajstić information content (AvgIpc) is 2.93. The first-order valence-electron chi connectivity index (χ1n) is 16.3. The molecule has 0 spiro atoms. The van der Waals surface area contributed by atoms with Gasteiger partial charge in [0.25, 0.3) is 0 Å². The van der Waals surface area contributed by atoms with Crippen molar-refractivity contribution in [3.8, 4) is 0 Å². The molecule has 0 fully saturated rings. The van der Waals surface area contributed by atoms with Crippen LogP contribution in [0.2, 0.25) is 0 Å². The summed E-state index contributed by atoms with van der Waals surface area (Å²) in [5.41, 5.74) is 0. The molecule has 222 valence electrons. The topological polar surface area (TPSA) is 40.5 Å². The molecule has 0 amide bonds. The molecule has 0 saturated carbocycles. The van der Waals surface area contributed by atoms with Crippen molar-refractivity contribution in [2.75, 3.05) is 13.2 Å². The zero-order valence-electron chi connectivity index (χ0n) is 25.6. The minimum Gasteiger partial charge on any atom is -0.396 e. The van der Waals surface area contributed by atoms with E-state index in [2.05, 4.69) is 74.6 Å². The second-order valence-corrected chi connectivity index (χ2v) is 10.2. The van der Waals surface area contributed by atoms with Crippen molar-refractivity contribution in [1.29, 1.82) is 0 Å². The maximum atomic E-state index is 8.66. The molecular formula is C36H66O2.